The van der Waals surface area contributed by atoms with Crippen LogP contribution < -0.4 is 10.0 Å². The Kier molecular flexibility index (Phi) is 16.8. The number of benzene rings is 2. The van der Waals surface area contributed by atoms with Crippen molar-refractivity contribution < 1.29 is 32.3 Å². The number of carbonyl (C=O) groups is 4. The first-order valence-electron chi connectivity index (χ1n) is 18.6. The molecule has 2 aromatic carbocycles. The van der Waals surface area contributed by atoms with Crippen molar-refractivity contribution in [3.63, 3.8) is 0 Å². The van der Waals surface area contributed by atoms with Crippen molar-refractivity contribution in [1.29, 1.82) is 5.41 Å². The third kappa shape index (κ3) is 12.7. The molecule has 1 saturated heterocycles. The fraction of sp³-hybridized carbons (Fsp3) is 0.575. The van der Waals surface area contributed by atoms with Gasteiger partial charge in [-0.15, -0.1) is 0 Å². The minimum absolute atomic E-state index is 0.0777. The number of sulfonamides is 1. The normalized spacial score (nSPS) is 14.5. The number of aryl methyl sites for hydroxylation is 2. The highest BCUT2D eigenvalue weighted by molar-refractivity contribution is 7.89. The van der Waals surface area contributed by atoms with E-state index in [2.05, 4.69) is 10.0 Å². The van der Waals surface area contributed by atoms with Crippen molar-refractivity contribution in [2.24, 2.45) is 5.92 Å². The van der Waals surface area contributed by atoms with Crippen molar-refractivity contribution in [3.8, 4) is 0 Å². The molecule has 0 spiro atoms. The van der Waals surface area contributed by atoms with E-state index in [0.29, 0.717) is 62.5 Å². The molecular weight excluding hydrogens is 681 g/mol. The molecule has 3 N–H and O–H groups in total. The number of piperidine rings is 1. The topological polar surface area (TPSA) is 163 Å². The van der Waals surface area contributed by atoms with E-state index in [-0.39, 0.29) is 54.6 Å². The molecule has 0 bridgehead atoms. The maximum atomic E-state index is 14.2. The minimum Gasteiger partial charge on any atom is -0.380 e. The van der Waals surface area contributed by atoms with Gasteiger partial charge in [0, 0.05) is 63.6 Å². The molecule has 0 saturated carbocycles. The van der Waals surface area contributed by atoms with Crippen LogP contribution in [0, 0.1) is 39.0 Å². The summed E-state index contributed by atoms with van der Waals surface area (Å²) < 4.78 is 35.9. The van der Waals surface area contributed by atoms with Gasteiger partial charge in [-0.3, -0.25) is 19.2 Å². The van der Waals surface area contributed by atoms with E-state index in [1.54, 1.807) is 31.7 Å². The number of hydrogen-bond acceptors (Lipinski definition) is 8. The number of nitrogens with one attached hydrogen (secondary N) is 3. The maximum Gasteiger partial charge on any atom is 0.241 e. The summed E-state index contributed by atoms with van der Waals surface area (Å²) in [6.07, 6.45) is 3.61. The molecule has 286 valence electrons. The zero-order chi connectivity index (χ0) is 38.4. The quantitative estimate of drug-likeness (QED) is 0.113. The summed E-state index contributed by atoms with van der Waals surface area (Å²) in [5.74, 6) is -1.88. The van der Waals surface area contributed by atoms with Crippen LogP contribution >= 0.6 is 0 Å². The van der Waals surface area contributed by atoms with E-state index in [9.17, 15) is 27.6 Å². The van der Waals surface area contributed by atoms with E-state index in [0.717, 1.165) is 41.5 Å². The maximum absolute atomic E-state index is 14.2. The van der Waals surface area contributed by atoms with Crippen LogP contribution in [0.3, 0.4) is 0 Å². The monoisotopic (exact) mass is 738 g/mol. The largest absolute Gasteiger partial charge is 0.380 e. The summed E-state index contributed by atoms with van der Waals surface area (Å²) in [6, 6.07) is 7.75. The van der Waals surface area contributed by atoms with Gasteiger partial charge in [-0.05, 0) is 113 Å². The highest BCUT2D eigenvalue weighted by Crippen LogP contribution is 2.27. The molecule has 12 heteroatoms. The van der Waals surface area contributed by atoms with Crippen molar-refractivity contribution in [1.82, 2.24) is 14.9 Å². The van der Waals surface area contributed by atoms with Crippen LogP contribution in [0.15, 0.2) is 35.2 Å². The van der Waals surface area contributed by atoms with Crippen LogP contribution in [0.2, 0.25) is 0 Å². The lowest BCUT2D eigenvalue weighted by molar-refractivity contribution is -0.139. The van der Waals surface area contributed by atoms with E-state index in [1.807, 2.05) is 45.0 Å². The van der Waals surface area contributed by atoms with Gasteiger partial charge in [-0.2, -0.15) is 0 Å². The van der Waals surface area contributed by atoms with Gasteiger partial charge in [0.15, 0.2) is 5.78 Å². The van der Waals surface area contributed by atoms with Crippen LogP contribution in [0.4, 0.5) is 0 Å². The van der Waals surface area contributed by atoms with E-state index < -0.39 is 27.8 Å². The zero-order valence-corrected chi connectivity index (χ0v) is 32.7. The Bertz CT molecular complexity index is 1680. The van der Waals surface area contributed by atoms with Crippen molar-refractivity contribution in [2.75, 3.05) is 32.8 Å². The first-order valence-corrected chi connectivity index (χ1v) is 20.0. The van der Waals surface area contributed by atoms with Crippen molar-refractivity contribution in [3.05, 3.63) is 63.7 Å². The lowest BCUT2D eigenvalue weighted by Gasteiger charge is -2.31. The molecule has 2 amide bonds. The van der Waals surface area contributed by atoms with Gasteiger partial charge < -0.3 is 20.4 Å². The molecule has 1 heterocycles. The summed E-state index contributed by atoms with van der Waals surface area (Å²) in [5, 5.41) is 10.7. The Morgan fingerprint density at radius 1 is 0.904 bits per heavy atom. The first kappa shape index (κ1) is 42.7. The Labute approximate surface area is 310 Å². The lowest BCUT2D eigenvalue weighted by atomic mass is 9.89. The van der Waals surface area contributed by atoms with E-state index in [1.165, 1.54) is 0 Å². The van der Waals surface area contributed by atoms with E-state index in [4.69, 9.17) is 10.1 Å². The second-order valence-corrected chi connectivity index (χ2v) is 15.7. The number of ether oxygens (including phenoxy) is 1. The van der Waals surface area contributed by atoms with Crippen LogP contribution in [-0.2, 0) is 40.4 Å². The van der Waals surface area contributed by atoms with Gasteiger partial charge in [-0.1, -0.05) is 30.3 Å². The van der Waals surface area contributed by atoms with Crippen LogP contribution in [0.5, 0.6) is 0 Å². The molecule has 1 fully saturated rings. The van der Waals surface area contributed by atoms with Gasteiger partial charge in [-0.25, -0.2) is 13.1 Å². The molecular formula is C40H58N4O7S. The number of likely N-dealkylation sites (tertiary alicyclic amines) is 1. The molecule has 52 heavy (non-hydrogen) atoms. The second kappa shape index (κ2) is 20.5. The summed E-state index contributed by atoms with van der Waals surface area (Å²) >= 11 is 0. The highest BCUT2D eigenvalue weighted by atomic mass is 32.2. The number of ketones is 2. The number of Topliss-reactive ketones (excluding diaryl/α,β-unsaturated/α-hetero) is 2. The van der Waals surface area contributed by atoms with Gasteiger partial charge in [0.25, 0.3) is 0 Å². The molecule has 2 aromatic rings. The Hall–Kier alpha value is -3.74. The molecule has 2 atom stereocenters. The SMILES string of the molecule is CCOCCNC(=O)CCCCC(=O)C[C@H](NS(=O)(=O)c1c(C)cc(C)c(C)c1C)C(=O)C[C@H](Cc1ccc(C(C)=N)cc1)C(=O)N1CCCCC1. The lowest BCUT2D eigenvalue weighted by Crippen LogP contribution is -2.46. The number of amides is 2. The number of rotatable bonds is 21. The average Bonchev–Trinajstić information content (AvgIpc) is 3.10. The fourth-order valence-electron chi connectivity index (χ4n) is 6.75. The predicted molar refractivity (Wildman–Crippen MR) is 203 cm³/mol. The Balaban J connectivity index is 1.85. The molecule has 1 aliphatic rings. The van der Waals surface area contributed by atoms with Crippen LogP contribution in [0.25, 0.3) is 0 Å². The van der Waals surface area contributed by atoms with Crippen molar-refractivity contribution in [2.45, 2.75) is 117 Å². The van der Waals surface area contributed by atoms with Crippen LogP contribution in [-0.4, -0.2) is 81.3 Å². The molecule has 0 unspecified atom stereocenters. The number of carbonyl (C=O) groups excluding carboxylic acids is 4. The molecule has 11 nitrogen and oxygen atoms in total. The molecule has 3 rings (SSSR count). The Morgan fingerprint density at radius 2 is 1.56 bits per heavy atom. The van der Waals surface area contributed by atoms with Gasteiger partial charge in [0.2, 0.25) is 21.8 Å². The zero-order valence-electron chi connectivity index (χ0n) is 31.9. The van der Waals surface area contributed by atoms with Crippen molar-refractivity contribution >= 4 is 39.1 Å². The fourth-order valence-corrected chi connectivity index (χ4v) is 8.50. The molecule has 0 radical (unpaired) electrons. The number of unbranched alkanes of at least 4 members (excludes halogenated alkanes) is 1. The summed E-state index contributed by atoms with van der Waals surface area (Å²) in [4.78, 5) is 55.5. The number of hydrogen-bond donors (Lipinski definition) is 3. The first-order chi connectivity index (χ1) is 24.6. The third-order valence-electron chi connectivity index (χ3n) is 9.89. The number of nitrogens with zero attached hydrogens (tertiary/aromatic N) is 1. The average molecular weight is 739 g/mol. The second-order valence-electron chi connectivity index (χ2n) is 14.0. The predicted octanol–water partition coefficient (Wildman–Crippen LogP) is 5.46. The molecule has 0 aromatic heterocycles. The minimum atomic E-state index is -4.25. The molecule has 0 aliphatic carbocycles. The summed E-state index contributed by atoms with van der Waals surface area (Å²) in [6.45, 7) is 13.4. The molecule has 1 aliphatic heterocycles. The van der Waals surface area contributed by atoms with Gasteiger partial charge >= 0.3 is 0 Å². The standard InChI is InChI=1S/C40H58N4O7S/c1-7-51-22-19-42-38(47)14-10-9-13-35(45)26-36(43-52(49,50)39-28(3)23-27(2)29(4)30(39)5)37(46)25-34(40(48)44-20-11-8-12-21-44)24-32-15-17-33(18-16-32)31(6)41/h15-18,23,34,36,41,43H,7-14,19-22,24-26H2,1-6H3,(H,42,47)/t34-,36-/m0/s1. The van der Waals surface area contributed by atoms with Gasteiger partial charge in [0.05, 0.1) is 17.5 Å². The van der Waals surface area contributed by atoms with E-state index >= 15 is 0 Å². The Morgan fingerprint density at radius 3 is 2.19 bits per heavy atom. The van der Waals surface area contributed by atoms with Gasteiger partial charge in [0.1, 0.15) is 5.78 Å². The third-order valence-corrected chi connectivity index (χ3v) is 11.6. The smallest absolute Gasteiger partial charge is 0.241 e. The summed E-state index contributed by atoms with van der Waals surface area (Å²) in [5.41, 5.74) is 4.87. The summed E-state index contributed by atoms with van der Waals surface area (Å²) in [7, 11) is -4.25. The highest BCUT2D eigenvalue weighted by Gasteiger charge is 2.34. The van der Waals surface area contributed by atoms with Crippen LogP contribution in [0.1, 0.15) is 105 Å².